The highest BCUT2D eigenvalue weighted by molar-refractivity contribution is 6.84. The molecular weight excluding hydrogens is 434 g/mol. The van der Waals surface area contributed by atoms with Crippen LogP contribution in [0.15, 0.2) is 24.5 Å². The number of ether oxygens (including phenoxy) is 2. The van der Waals surface area contributed by atoms with Gasteiger partial charge in [0.1, 0.15) is 0 Å². The van der Waals surface area contributed by atoms with Crippen LogP contribution in [0.4, 0.5) is 0 Å². The Balaban J connectivity index is 2.30. The zero-order chi connectivity index (χ0) is 22.5. The van der Waals surface area contributed by atoms with Crippen molar-refractivity contribution in [1.82, 2.24) is 4.98 Å². The van der Waals surface area contributed by atoms with Crippen LogP contribution in [0.1, 0.15) is 25.3 Å². The number of aromatic nitrogens is 1. The van der Waals surface area contributed by atoms with Crippen molar-refractivity contribution in [2.45, 2.75) is 65.7 Å². The van der Waals surface area contributed by atoms with Gasteiger partial charge in [0.2, 0.25) is 0 Å². The monoisotopic (exact) mass is 475 g/mol. The molecule has 1 rings (SSSR count). The second-order valence-electron chi connectivity index (χ2n) is 8.48. The van der Waals surface area contributed by atoms with Crippen LogP contribution in [0.5, 0.6) is 0 Å². The van der Waals surface area contributed by atoms with E-state index in [2.05, 4.69) is 25.0 Å². The molecule has 1 aromatic heterocycles. The fourth-order valence-electron chi connectivity index (χ4n) is 2.92. The van der Waals surface area contributed by atoms with Gasteiger partial charge in [0.05, 0.1) is 33.0 Å². The first-order valence-electron chi connectivity index (χ1n) is 10.8. The molecule has 174 valence electrons. The third kappa shape index (κ3) is 13.8. The van der Waals surface area contributed by atoms with E-state index < -0.39 is 25.7 Å². The van der Waals surface area contributed by atoms with Crippen LogP contribution in [0, 0.1) is 0 Å². The normalized spacial score (nSPS) is 13.0. The first kappa shape index (κ1) is 27.6. The van der Waals surface area contributed by atoms with Gasteiger partial charge in [0.15, 0.2) is 0 Å². The largest absolute Gasteiger partial charge is 0.415 e. The number of nitrogens with zero attached hydrogens (tertiary/aromatic N) is 1. The van der Waals surface area contributed by atoms with E-state index in [9.17, 15) is 0 Å². The summed E-state index contributed by atoms with van der Waals surface area (Å²) in [5, 5.41) is 0. The van der Waals surface area contributed by atoms with Gasteiger partial charge >= 0.3 is 25.7 Å². The molecule has 30 heavy (non-hydrogen) atoms. The lowest BCUT2D eigenvalue weighted by Gasteiger charge is -2.37. The van der Waals surface area contributed by atoms with Crippen molar-refractivity contribution in [3.8, 4) is 0 Å². The smallest absolute Gasteiger partial charge is 0.323 e. The van der Waals surface area contributed by atoms with Gasteiger partial charge in [-0.3, -0.25) is 4.98 Å². The minimum atomic E-state index is -2.41. The Morgan fingerprint density at radius 1 is 0.767 bits per heavy atom. The quantitative estimate of drug-likeness (QED) is 0.241. The molecule has 0 unspecified atom stereocenters. The summed E-state index contributed by atoms with van der Waals surface area (Å²) < 4.78 is 36.0. The molecule has 0 aromatic carbocycles. The predicted octanol–water partition coefficient (Wildman–Crippen LogP) is 4.59. The molecule has 0 aliphatic carbocycles. The Bertz CT molecular complexity index is 575. The fourth-order valence-corrected chi connectivity index (χ4v) is 14.5. The average Bonchev–Trinajstić information content (AvgIpc) is 2.64. The summed E-state index contributed by atoms with van der Waals surface area (Å²) in [6.45, 7) is 18.0. The summed E-state index contributed by atoms with van der Waals surface area (Å²) in [7, 11) is -7.09. The molecule has 0 atom stereocenters. The predicted molar refractivity (Wildman–Crippen MR) is 126 cm³/mol. The Hall–Kier alpha value is -0.439. The van der Waals surface area contributed by atoms with Crippen molar-refractivity contribution >= 4 is 25.7 Å². The third-order valence-electron chi connectivity index (χ3n) is 3.98. The second kappa shape index (κ2) is 13.9. The van der Waals surface area contributed by atoms with E-state index in [4.69, 9.17) is 26.6 Å². The molecule has 1 heterocycles. The lowest BCUT2D eigenvalue weighted by atomic mass is 10.3. The molecule has 0 spiro atoms. The minimum Gasteiger partial charge on any atom is -0.415 e. The molecule has 0 aliphatic heterocycles. The first-order valence-corrected chi connectivity index (χ1v) is 19.2. The third-order valence-corrected chi connectivity index (χ3v) is 13.6. The molecule has 0 saturated carbocycles. The molecule has 10 heteroatoms. The van der Waals surface area contributed by atoms with Crippen molar-refractivity contribution in [2.75, 3.05) is 33.0 Å². The summed E-state index contributed by atoms with van der Waals surface area (Å²) in [4.78, 5) is 4.12. The number of unbranched alkanes of at least 4 members (excludes halogenated alkanes) is 1. The maximum absolute atomic E-state index is 6.39. The molecule has 0 amide bonds. The van der Waals surface area contributed by atoms with Crippen LogP contribution in [0.2, 0.25) is 39.3 Å². The number of hydrogen-bond donors (Lipinski definition) is 0. The van der Waals surface area contributed by atoms with E-state index in [1.165, 1.54) is 0 Å². The second-order valence-corrected chi connectivity index (χ2v) is 19.1. The summed E-state index contributed by atoms with van der Waals surface area (Å²) >= 11 is 0. The molecule has 0 fully saturated rings. The maximum atomic E-state index is 6.39. The van der Waals surface area contributed by atoms with Crippen LogP contribution in [-0.2, 0) is 33.2 Å². The van der Waals surface area contributed by atoms with Gasteiger partial charge in [-0.05, 0) is 57.3 Å². The van der Waals surface area contributed by atoms with Crippen LogP contribution in [0.25, 0.3) is 0 Å². The minimum absolute atomic E-state index is 0.494. The number of rotatable bonds is 17. The summed E-state index contributed by atoms with van der Waals surface area (Å²) in [5.41, 5.74) is 1.04. The molecule has 0 N–H and O–H groups in total. The van der Waals surface area contributed by atoms with Crippen LogP contribution < -0.4 is 0 Å². The van der Waals surface area contributed by atoms with E-state index in [0.29, 0.717) is 33.0 Å². The summed E-state index contributed by atoms with van der Waals surface area (Å²) in [5.74, 6) is 0. The van der Waals surface area contributed by atoms with Gasteiger partial charge < -0.3 is 26.6 Å². The van der Waals surface area contributed by atoms with Crippen molar-refractivity contribution in [3.63, 3.8) is 0 Å². The van der Waals surface area contributed by atoms with Crippen LogP contribution >= 0.6 is 0 Å². The van der Waals surface area contributed by atoms with Gasteiger partial charge in [-0.15, -0.1) is 0 Å². The topological polar surface area (TPSA) is 68.3 Å². The molecular formula is C20H41NO6Si3. The molecule has 0 aliphatic rings. The Morgan fingerprint density at radius 3 is 1.97 bits per heavy atom. The Morgan fingerprint density at radius 2 is 1.37 bits per heavy atom. The molecule has 0 radical (unpaired) electrons. The standard InChI is InChI=1S/C20H41NO6Si3/c1-8-9-13-22-14-15-23-16-17-24-28(2,3)26-30(6,7)27-29(4,5)25-19-20-11-10-12-21-18-20/h10-12,18H,8-9,13-17,19H2,1-7H3. The Labute approximate surface area is 186 Å². The van der Waals surface area contributed by atoms with Crippen molar-refractivity contribution in [1.29, 1.82) is 0 Å². The van der Waals surface area contributed by atoms with Gasteiger partial charge in [-0.25, -0.2) is 0 Å². The van der Waals surface area contributed by atoms with Gasteiger partial charge in [-0.1, -0.05) is 19.4 Å². The van der Waals surface area contributed by atoms with Crippen molar-refractivity contribution < 1.29 is 26.6 Å². The lowest BCUT2D eigenvalue weighted by molar-refractivity contribution is 0.0319. The molecule has 0 bridgehead atoms. The summed E-state index contributed by atoms with van der Waals surface area (Å²) in [6, 6.07) is 3.91. The highest BCUT2D eigenvalue weighted by Gasteiger charge is 2.41. The van der Waals surface area contributed by atoms with Gasteiger partial charge in [-0.2, -0.15) is 0 Å². The molecule has 0 saturated heterocycles. The van der Waals surface area contributed by atoms with Crippen LogP contribution in [-0.4, -0.2) is 63.7 Å². The maximum Gasteiger partial charge on any atom is 0.323 e. The highest BCUT2D eigenvalue weighted by atomic mass is 28.5. The molecule has 7 nitrogen and oxygen atoms in total. The van der Waals surface area contributed by atoms with Gasteiger partial charge in [0, 0.05) is 19.0 Å². The first-order chi connectivity index (χ1) is 14.1. The number of hydrogen-bond acceptors (Lipinski definition) is 7. The zero-order valence-electron chi connectivity index (χ0n) is 19.9. The van der Waals surface area contributed by atoms with Crippen molar-refractivity contribution in [3.05, 3.63) is 30.1 Å². The lowest BCUT2D eigenvalue weighted by Crippen LogP contribution is -2.54. The van der Waals surface area contributed by atoms with E-state index in [-0.39, 0.29) is 0 Å². The number of pyridine rings is 1. The summed E-state index contributed by atoms with van der Waals surface area (Å²) in [6.07, 6.45) is 5.81. The van der Waals surface area contributed by atoms with Crippen LogP contribution in [0.3, 0.4) is 0 Å². The SMILES string of the molecule is CCCCOCCOCCO[Si](C)(C)O[Si](C)(C)O[Si](C)(C)OCc1cccnc1. The van der Waals surface area contributed by atoms with Crippen molar-refractivity contribution in [2.24, 2.45) is 0 Å². The van der Waals surface area contributed by atoms with E-state index in [1.54, 1.807) is 6.20 Å². The molecule has 1 aromatic rings. The van der Waals surface area contributed by atoms with E-state index in [1.807, 2.05) is 44.5 Å². The zero-order valence-corrected chi connectivity index (χ0v) is 22.9. The average molecular weight is 476 g/mol. The van der Waals surface area contributed by atoms with E-state index >= 15 is 0 Å². The Kier molecular flexibility index (Phi) is 12.8. The fraction of sp³-hybridized carbons (Fsp3) is 0.750. The highest BCUT2D eigenvalue weighted by Crippen LogP contribution is 2.22. The van der Waals surface area contributed by atoms with E-state index in [0.717, 1.165) is 25.0 Å². The van der Waals surface area contributed by atoms with Gasteiger partial charge in [0.25, 0.3) is 0 Å².